The lowest BCUT2D eigenvalue weighted by atomic mass is 10.1. The van der Waals surface area contributed by atoms with Gasteiger partial charge in [0.2, 0.25) is 0 Å². The molecule has 4 rings (SSSR count). The van der Waals surface area contributed by atoms with Crippen LogP contribution in [0.3, 0.4) is 0 Å². The van der Waals surface area contributed by atoms with Gasteiger partial charge in [0.05, 0.1) is 18.4 Å². The molecule has 172 valence electrons. The molecule has 0 bridgehead atoms. The Morgan fingerprint density at radius 1 is 1.00 bits per heavy atom. The molecule has 2 amide bonds. The summed E-state index contributed by atoms with van der Waals surface area (Å²) in [5.74, 6) is -1.42. The van der Waals surface area contributed by atoms with Gasteiger partial charge in [0.25, 0.3) is 11.8 Å². The van der Waals surface area contributed by atoms with Crippen LogP contribution in [0.2, 0.25) is 0 Å². The third kappa shape index (κ3) is 4.15. The van der Waals surface area contributed by atoms with Crippen molar-refractivity contribution in [2.45, 2.75) is 20.8 Å². The predicted octanol–water partition coefficient (Wildman–Crippen LogP) is 4.02. The number of aryl methyl sites for hydroxylation is 2. The van der Waals surface area contributed by atoms with E-state index in [1.807, 2.05) is 61.7 Å². The summed E-state index contributed by atoms with van der Waals surface area (Å²) in [7, 11) is 1.34. The van der Waals surface area contributed by atoms with Crippen LogP contribution in [0, 0.1) is 20.8 Å². The number of benzene rings is 2. The maximum Gasteiger partial charge on any atom is 0.337 e. The molecular weight excluding hydrogens is 450 g/mol. The van der Waals surface area contributed by atoms with Crippen molar-refractivity contribution in [3.8, 4) is 5.69 Å². The second kappa shape index (κ2) is 9.07. The zero-order valence-corrected chi connectivity index (χ0v) is 20.0. The third-order valence-electron chi connectivity index (χ3n) is 5.68. The molecule has 0 spiro atoms. The zero-order valence-electron chi connectivity index (χ0n) is 19.2. The fraction of sp³-hybridized carbons (Fsp3) is 0.154. The maximum absolute atomic E-state index is 13.3. The molecule has 0 aliphatic carbocycles. The first kappa shape index (κ1) is 23.1. The lowest BCUT2D eigenvalue weighted by molar-refractivity contribution is -0.122. The van der Waals surface area contributed by atoms with Gasteiger partial charge in [-0.1, -0.05) is 12.1 Å². The fourth-order valence-electron chi connectivity index (χ4n) is 4.01. The minimum absolute atomic E-state index is 0.00334. The van der Waals surface area contributed by atoms with Crippen LogP contribution in [-0.2, 0) is 14.3 Å². The second-order valence-electron chi connectivity index (χ2n) is 8.00. The van der Waals surface area contributed by atoms with Crippen LogP contribution < -0.4 is 10.2 Å². The minimum Gasteiger partial charge on any atom is -0.465 e. The Balaban J connectivity index is 1.72. The summed E-state index contributed by atoms with van der Waals surface area (Å²) in [5.41, 5.74) is 5.33. The highest BCUT2D eigenvalue weighted by molar-refractivity contribution is 7.80. The summed E-state index contributed by atoms with van der Waals surface area (Å²) in [6, 6.07) is 16.3. The van der Waals surface area contributed by atoms with Gasteiger partial charge in [-0.25, -0.2) is 4.79 Å². The summed E-state index contributed by atoms with van der Waals surface area (Å²) < 4.78 is 6.74. The van der Waals surface area contributed by atoms with Crippen molar-refractivity contribution in [2.24, 2.45) is 0 Å². The van der Waals surface area contributed by atoms with Gasteiger partial charge in [0.15, 0.2) is 5.11 Å². The van der Waals surface area contributed by atoms with Gasteiger partial charge < -0.3 is 9.30 Å². The summed E-state index contributed by atoms with van der Waals surface area (Å²) in [4.78, 5) is 39.1. The molecule has 0 unspecified atom stereocenters. The maximum atomic E-state index is 13.3. The first-order valence-electron chi connectivity index (χ1n) is 10.6. The summed E-state index contributed by atoms with van der Waals surface area (Å²) in [5, 5.41) is 2.67. The fourth-order valence-corrected chi connectivity index (χ4v) is 4.29. The first-order chi connectivity index (χ1) is 16.2. The highest BCUT2D eigenvalue weighted by Crippen LogP contribution is 2.26. The molecule has 3 aromatic rings. The molecule has 2 heterocycles. The zero-order chi connectivity index (χ0) is 24.6. The smallest absolute Gasteiger partial charge is 0.337 e. The third-order valence-corrected chi connectivity index (χ3v) is 5.96. The van der Waals surface area contributed by atoms with Crippen LogP contribution in [0.4, 0.5) is 5.69 Å². The number of anilines is 1. The number of hydrogen-bond donors (Lipinski definition) is 1. The number of carbonyl (C=O) groups is 3. The number of thiocarbonyl (C=S) groups is 1. The lowest BCUT2D eigenvalue weighted by Crippen LogP contribution is -2.54. The molecule has 0 radical (unpaired) electrons. The number of hydrogen-bond acceptors (Lipinski definition) is 5. The van der Waals surface area contributed by atoms with Crippen molar-refractivity contribution >= 4 is 46.9 Å². The molecule has 1 aliphatic heterocycles. The van der Waals surface area contributed by atoms with E-state index in [-0.39, 0.29) is 10.7 Å². The second-order valence-corrected chi connectivity index (χ2v) is 8.38. The molecule has 1 saturated heterocycles. The summed E-state index contributed by atoms with van der Waals surface area (Å²) >= 11 is 5.29. The van der Waals surface area contributed by atoms with E-state index >= 15 is 0 Å². The molecule has 8 heteroatoms. The molecule has 1 aliphatic rings. The van der Waals surface area contributed by atoms with Crippen molar-refractivity contribution in [1.82, 2.24) is 9.88 Å². The number of rotatable bonds is 4. The Morgan fingerprint density at radius 2 is 1.71 bits per heavy atom. The topological polar surface area (TPSA) is 80.6 Å². The quantitative estimate of drug-likeness (QED) is 0.268. The summed E-state index contributed by atoms with van der Waals surface area (Å²) in [6.07, 6.45) is 1.59. The van der Waals surface area contributed by atoms with Crippen molar-refractivity contribution in [3.05, 3.63) is 88.2 Å². The molecule has 1 N–H and O–H groups in total. The van der Waals surface area contributed by atoms with E-state index in [2.05, 4.69) is 5.32 Å². The molecule has 1 aromatic heterocycles. The standard InChI is InChI=1S/C26H23N3O4S/c1-15-6-5-7-21(12-15)29-24(31)22(23(30)27-26(29)34)14-19-13-16(2)28(17(19)3)20-10-8-18(9-11-20)25(32)33-4/h5-14H,1-4H3,(H,27,30,34)/b22-14+. The Labute approximate surface area is 202 Å². The van der Waals surface area contributed by atoms with Gasteiger partial charge in [0.1, 0.15) is 5.57 Å². The van der Waals surface area contributed by atoms with E-state index in [4.69, 9.17) is 17.0 Å². The SMILES string of the molecule is COC(=O)c1ccc(-n2c(C)cc(/C=C3\C(=O)NC(=S)N(c4cccc(C)c4)C3=O)c2C)cc1. The van der Waals surface area contributed by atoms with Crippen LogP contribution in [0.5, 0.6) is 0 Å². The van der Waals surface area contributed by atoms with E-state index in [1.54, 1.807) is 24.3 Å². The number of amides is 2. The Morgan fingerprint density at radius 3 is 2.35 bits per heavy atom. The molecular formula is C26H23N3O4S. The van der Waals surface area contributed by atoms with Crippen molar-refractivity contribution in [3.63, 3.8) is 0 Å². The van der Waals surface area contributed by atoms with E-state index in [9.17, 15) is 14.4 Å². The van der Waals surface area contributed by atoms with Crippen LogP contribution in [0.15, 0.2) is 60.2 Å². The average Bonchev–Trinajstić information content (AvgIpc) is 3.08. The summed E-state index contributed by atoms with van der Waals surface area (Å²) in [6.45, 7) is 5.75. The van der Waals surface area contributed by atoms with Crippen molar-refractivity contribution in [2.75, 3.05) is 12.0 Å². The predicted molar refractivity (Wildman–Crippen MR) is 134 cm³/mol. The number of methoxy groups -OCH3 is 1. The van der Waals surface area contributed by atoms with E-state index in [1.165, 1.54) is 12.0 Å². The van der Waals surface area contributed by atoms with Gasteiger partial charge in [0, 0.05) is 17.1 Å². The molecule has 1 fully saturated rings. The molecule has 0 saturated carbocycles. The highest BCUT2D eigenvalue weighted by Gasteiger charge is 2.34. The van der Waals surface area contributed by atoms with Gasteiger partial charge >= 0.3 is 5.97 Å². The molecule has 7 nitrogen and oxygen atoms in total. The lowest BCUT2D eigenvalue weighted by Gasteiger charge is -2.29. The van der Waals surface area contributed by atoms with Crippen LogP contribution in [0.1, 0.15) is 32.9 Å². The van der Waals surface area contributed by atoms with Crippen molar-refractivity contribution < 1.29 is 19.1 Å². The van der Waals surface area contributed by atoms with E-state index in [0.29, 0.717) is 11.3 Å². The van der Waals surface area contributed by atoms with E-state index < -0.39 is 17.8 Å². The number of aromatic nitrogens is 1. The Hall–Kier alpha value is -4.04. The minimum atomic E-state index is -0.536. The van der Waals surface area contributed by atoms with Crippen LogP contribution in [-0.4, -0.2) is 34.6 Å². The number of nitrogens with one attached hydrogen (secondary N) is 1. The van der Waals surface area contributed by atoms with E-state index in [0.717, 1.165) is 28.2 Å². The largest absolute Gasteiger partial charge is 0.465 e. The molecule has 34 heavy (non-hydrogen) atoms. The van der Waals surface area contributed by atoms with Crippen LogP contribution in [0.25, 0.3) is 11.8 Å². The number of carbonyl (C=O) groups excluding carboxylic acids is 3. The highest BCUT2D eigenvalue weighted by atomic mass is 32.1. The monoisotopic (exact) mass is 473 g/mol. The van der Waals surface area contributed by atoms with Gasteiger partial charge in [-0.15, -0.1) is 0 Å². The van der Waals surface area contributed by atoms with Crippen molar-refractivity contribution in [1.29, 1.82) is 0 Å². The molecule has 2 aromatic carbocycles. The van der Waals surface area contributed by atoms with Gasteiger partial charge in [-0.05, 0) is 92.7 Å². The van der Waals surface area contributed by atoms with Gasteiger partial charge in [-0.3, -0.25) is 19.8 Å². The van der Waals surface area contributed by atoms with Crippen LogP contribution >= 0.6 is 12.2 Å². The Kier molecular flexibility index (Phi) is 6.17. The number of esters is 1. The number of nitrogens with zero attached hydrogens (tertiary/aromatic N) is 2. The van der Waals surface area contributed by atoms with Gasteiger partial charge in [-0.2, -0.15) is 0 Å². The normalized spacial score (nSPS) is 15.0. The Bertz CT molecular complexity index is 1370. The first-order valence-corrected chi connectivity index (χ1v) is 11.0. The average molecular weight is 474 g/mol. The molecule has 0 atom stereocenters. The number of ether oxygens (including phenoxy) is 1.